The van der Waals surface area contributed by atoms with Crippen LogP contribution in [0.3, 0.4) is 0 Å². The van der Waals surface area contributed by atoms with Crippen molar-refractivity contribution in [3.8, 4) is 5.75 Å². The number of ether oxygens (including phenoxy) is 1. The van der Waals surface area contributed by atoms with Gasteiger partial charge in [-0.15, -0.1) is 11.8 Å². The van der Waals surface area contributed by atoms with Gasteiger partial charge in [-0.25, -0.2) is 0 Å². The lowest BCUT2D eigenvalue weighted by molar-refractivity contribution is 0.0951. The van der Waals surface area contributed by atoms with Crippen LogP contribution in [0.15, 0.2) is 65.6 Å². The Labute approximate surface area is 191 Å². The summed E-state index contributed by atoms with van der Waals surface area (Å²) >= 11 is 13.8. The van der Waals surface area contributed by atoms with E-state index < -0.39 is 0 Å². The van der Waals surface area contributed by atoms with Crippen molar-refractivity contribution >= 4 is 40.9 Å². The van der Waals surface area contributed by atoms with Gasteiger partial charge in [0.1, 0.15) is 5.75 Å². The molecule has 0 fully saturated rings. The van der Waals surface area contributed by atoms with Gasteiger partial charge in [0.25, 0.3) is 5.91 Å². The minimum Gasteiger partial charge on any atom is -0.494 e. The van der Waals surface area contributed by atoms with Crippen molar-refractivity contribution in [2.75, 3.05) is 6.61 Å². The lowest BCUT2D eigenvalue weighted by Crippen LogP contribution is -2.23. The minimum atomic E-state index is -0.161. The molecule has 156 valence electrons. The topological polar surface area (TPSA) is 38.3 Å². The van der Waals surface area contributed by atoms with E-state index in [0.717, 1.165) is 16.9 Å². The Bertz CT molecular complexity index is 1020. The number of carbonyl (C=O) groups excluding carboxylic acids is 1. The highest BCUT2D eigenvalue weighted by atomic mass is 35.5. The number of amides is 1. The van der Waals surface area contributed by atoms with E-state index in [9.17, 15) is 4.79 Å². The van der Waals surface area contributed by atoms with Gasteiger partial charge in [0.15, 0.2) is 0 Å². The van der Waals surface area contributed by atoms with E-state index in [1.807, 2.05) is 25.1 Å². The average molecular weight is 460 g/mol. The lowest BCUT2D eigenvalue weighted by atomic mass is 10.1. The molecule has 3 nitrogen and oxygen atoms in total. The molecule has 0 aliphatic rings. The third-order valence-corrected chi connectivity index (χ3v) is 6.14. The number of hydrogen-bond donors (Lipinski definition) is 1. The quantitative estimate of drug-likeness (QED) is 0.371. The van der Waals surface area contributed by atoms with Gasteiger partial charge in [0, 0.05) is 38.4 Å². The summed E-state index contributed by atoms with van der Waals surface area (Å²) in [5.74, 6) is 1.35. The van der Waals surface area contributed by atoms with Crippen LogP contribution in [0.1, 0.15) is 34.0 Å². The zero-order valence-electron chi connectivity index (χ0n) is 16.9. The average Bonchev–Trinajstić information content (AvgIpc) is 2.73. The van der Waals surface area contributed by atoms with Gasteiger partial charge in [-0.2, -0.15) is 0 Å². The van der Waals surface area contributed by atoms with Crippen LogP contribution in [0.25, 0.3) is 0 Å². The monoisotopic (exact) mass is 459 g/mol. The third kappa shape index (κ3) is 6.18. The van der Waals surface area contributed by atoms with Crippen LogP contribution < -0.4 is 10.1 Å². The zero-order chi connectivity index (χ0) is 21.5. The van der Waals surface area contributed by atoms with Crippen LogP contribution in [0.2, 0.25) is 10.0 Å². The largest absolute Gasteiger partial charge is 0.494 e. The maximum Gasteiger partial charge on any atom is 0.251 e. The molecule has 30 heavy (non-hydrogen) atoms. The highest BCUT2D eigenvalue weighted by Crippen LogP contribution is 2.29. The number of carbonyl (C=O) groups is 1. The van der Waals surface area contributed by atoms with Crippen molar-refractivity contribution in [3.63, 3.8) is 0 Å². The molecule has 0 saturated carbocycles. The standard InChI is InChI=1S/C24H23Cl2NO2S/c1-3-29-23-11-7-17(12-19(23)15-30-21-9-4-16(2)5-10-21)24(28)27-14-18-6-8-20(25)13-22(18)26/h4-13H,3,14-15H2,1-2H3,(H,27,28). The van der Waals surface area contributed by atoms with Crippen LogP contribution in [0, 0.1) is 6.92 Å². The fourth-order valence-electron chi connectivity index (χ4n) is 2.87. The molecule has 0 aromatic heterocycles. The van der Waals surface area contributed by atoms with E-state index >= 15 is 0 Å². The van der Waals surface area contributed by atoms with Gasteiger partial charge in [-0.05, 0) is 61.9 Å². The molecule has 0 bridgehead atoms. The molecule has 0 radical (unpaired) electrons. The molecule has 0 aliphatic carbocycles. The maximum atomic E-state index is 12.7. The highest BCUT2D eigenvalue weighted by molar-refractivity contribution is 7.98. The minimum absolute atomic E-state index is 0.161. The number of nitrogens with one attached hydrogen (secondary N) is 1. The zero-order valence-corrected chi connectivity index (χ0v) is 19.2. The summed E-state index contributed by atoms with van der Waals surface area (Å²) in [4.78, 5) is 13.9. The first-order valence-electron chi connectivity index (χ1n) is 9.63. The maximum absolute atomic E-state index is 12.7. The summed E-state index contributed by atoms with van der Waals surface area (Å²) in [6.45, 7) is 4.92. The molecule has 3 aromatic rings. The van der Waals surface area contributed by atoms with Crippen molar-refractivity contribution in [2.45, 2.75) is 31.0 Å². The van der Waals surface area contributed by atoms with E-state index in [0.29, 0.717) is 34.5 Å². The number of thioether (sulfide) groups is 1. The molecule has 1 N–H and O–H groups in total. The second-order valence-corrected chi connectivity index (χ2v) is 8.67. The Kier molecular flexibility index (Phi) is 8.08. The Morgan fingerprint density at radius 1 is 1.00 bits per heavy atom. The van der Waals surface area contributed by atoms with E-state index in [1.165, 1.54) is 10.5 Å². The number of aryl methyl sites for hydroxylation is 1. The SMILES string of the molecule is CCOc1ccc(C(=O)NCc2ccc(Cl)cc2Cl)cc1CSc1ccc(C)cc1. The molecule has 0 saturated heterocycles. The van der Waals surface area contributed by atoms with Gasteiger partial charge in [-0.3, -0.25) is 4.79 Å². The molecule has 3 rings (SSSR count). The summed E-state index contributed by atoms with van der Waals surface area (Å²) in [5.41, 5.74) is 3.62. The van der Waals surface area contributed by atoms with E-state index in [-0.39, 0.29) is 5.91 Å². The summed E-state index contributed by atoms with van der Waals surface area (Å²) in [6, 6.07) is 19.2. The molecule has 0 heterocycles. The molecule has 3 aromatic carbocycles. The van der Waals surface area contributed by atoms with Crippen molar-refractivity contribution < 1.29 is 9.53 Å². The van der Waals surface area contributed by atoms with Gasteiger partial charge >= 0.3 is 0 Å². The van der Waals surface area contributed by atoms with Crippen LogP contribution in [-0.4, -0.2) is 12.5 Å². The predicted molar refractivity (Wildman–Crippen MR) is 126 cm³/mol. The summed E-state index contributed by atoms with van der Waals surface area (Å²) < 4.78 is 5.76. The third-order valence-electron chi connectivity index (χ3n) is 4.49. The summed E-state index contributed by atoms with van der Waals surface area (Å²) in [7, 11) is 0. The fourth-order valence-corrected chi connectivity index (χ4v) is 4.22. The van der Waals surface area contributed by atoms with E-state index in [2.05, 4.69) is 36.5 Å². The van der Waals surface area contributed by atoms with Gasteiger partial charge < -0.3 is 10.1 Å². The van der Waals surface area contributed by atoms with Crippen molar-refractivity contribution in [3.05, 3.63) is 93.0 Å². The smallest absolute Gasteiger partial charge is 0.251 e. The van der Waals surface area contributed by atoms with Crippen LogP contribution in [0.4, 0.5) is 0 Å². The summed E-state index contributed by atoms with van der Waals surface area (Å²) in [5, 5.41) is 4.02. The van der Waals surface area contributed by atoms with E-state index in [1.54, 1.807) is 30.0 Å². The molecule has 0 aliphatic heterocycles. The molecule has 0 unspecified atom stereocenters. The first-order chi connectivity index (χ1) is 14.5. The lowest BCUT2D eigenvalue weighted by Gasteiger charge is -2.13. The first-order valence-corrected chi connectivity index (χ1v) is 11.4. The Morgan fingerprint density at radius 2 is 1.77 bits per heavy atom. The highest BCUT2D eigenvalue weighted by Gasteiger charge is 2.12. The molecule has 1 amide bonds. The van der Waals surface area contributed by atoms with Gasteiger partial charge in [0.05, 0.1) is 6.61 Å². The number of benzene rings is 3. The van der Waals surface area contributed by atoms with Gasteiger partial charge in [0.2, 0.25) is 0 Å². The Hall–Kier alpha value is -2.14. The Balaban J connectivity index is 1.71. The second-order valence-electron chi connectivity index (χ2n) is 6.78. The number of rotatable bonds is 8. The van der Waals surface area contributed by atoms with Gasteiger partial charge in [-0.1, -0.05) is 47.0 Å². The predicted octanol–water partition coefficient (Wildman–Crippen LogP) is 6.92. The van der Waals surface area contributed by atoms with Crippen LogP contribution >= 0.6 is 35.0 Å². The van der Waals surface area contributed by atoms with Crippen molar-refractivity contribution in [2.24, 2.45) is 0 Å². The normalized spacial score (nSPS) is 10.7. The Morgan fingerprint density at radius 3 is 2.47 bits per heavy atom. The van der Waals surface area contributed by atoms with Crippen molar-refractivity contribution in [1.82, 2.24) is 5.32 Å². The first kappa shape index (κ1) is 22.5. The second kappa shape index (κ2) is 10.8. The van der Waals surface area contributed by atoms with Crippen LogP contribution in [-0.2, 0) is 12.3 Å². The molecular weight excluding hydrogens is 437 g/mol. The van der Waals surface area contributed by atoms with Crippen molar-refractivity contribution in [1.29, 1.82) is 0 Å². The number of hydrogen-bond acceptors (Lipinski definition) is 3. The fraction of sp³-hybridized carbons (Fsp3) is 0.208. The molecular formula is C24H23Cl2NO2S. The summed E-state index contributed by atoms with van der Waals surface area (Å²) in [6.07, 6.45) is 0. The number of halogens is 2. The molecule has 6 heteroatoms. The molecule has 0 spiro atoms. The van der Waals surface area contributed by atoms with Crippen LogP contribution in [0.5, 0.6) is 5.75 Å². The van der Waals surface area contributed by atoms with E-state index in [4.69, 9.17) is 27.9 Å². The molecule has 0 atom stereocenters.